The first-order valence-electron chi connectivity index (χ1n) is 8.38. The lowest BCUT2D eigenvalue weighted by molar-refractivity contribution is 0.0939. The smallest absolute Gasteiger partial charge is 0.287 e. The molecule has 6 heteroatoms. The highest BCUT2D eigenvalue weighted by Crippen LogP contribution is 2.21. The Labute approximate surface area is 154 Å². The molecule has 0 bridgehead atoms. The molecule has 0 radical (unpaired) electrons. The quantitative estimate of drug-likeness (QED) is 0.590. The van der Waals surface area contributed by atoms with Crippen molar-refractivity contribution in [2.24, 2.45) is 0 Å². The summed E-state index contributed by atoms with van der Waals surface area (Å²) in [6.45, 7) is -0.138. The topological polar surface area (TPSA) is 46.9 Å². The number of aromatic nitrogens is 2. The summed E-state index contributed by atoms with van der Waals surface area (Å²) in [7, 11) is 0. The molecule has 0 aliphatic carbocycles. The molecule has 0 fully saturated rings. The number of amides is 1. The van der Waals surface area contributed by atoms with Crippen LogP contribution in [0.4, 0.5) is 8.78 Å². The molecular formula is C21H15F2N3O. The minimum absolute atomic E-state index is 0.0747. The first-order chi connectivity index (χ1) is 13.1. The summed E-state index contributed by atoms with van der Waals surface area (Å²) in [6, 6.07) is 19.9. The van der Waals surface area contributed by atoms with Gasteiger partial charge in [-0.2, -0.15) is 0 Å². The summed E-state index contributed by atoms with van der Waals surface area (Å²) >= 11 is 0. The van der Waals surface area contributed by atoms with Crippen LogP contribution in [0.5, 0.6) is 0 Å². The number of rotatable bonds is 4. The third-order valence-corrected chi connectivity index (χ3v) is 4.23. The number of carbonyl (C=O) groups excluding carboxylic acids is 1. The van der Waals surface area contributed by atoms with Gasteiger partial charge in [0.25, 0.3) is 5.91 Å². The molecule has 4 aromatic rings. The van der Waals surface area contributed by atoms with Gasteiger partial charge in [0.15, 0.2) is 0 Å². The van der Waals surface area contributed by atoms with E-state index in [1.807, 2.05) is 54.6 Å². The number of benzene rings is 3. The lowest BCUT2D eigenvalue weighted by Crippen LogP contribution is -2.26. The number of para-hydroxylation sites is 3. The number of carbonyl (C=O) groups is 1. The van der Waals surface area contributed by atoms with Crippen molar-refractivity contribution >= 4 is 16.9 Å². The molecule has 3 aromatic carbocycles. The van der Waals surface area contributed by atoms with E-state index in [1.165, 1.54) is 0 Å². The molecule has 0 saturated heterocycles. The Kier molecular flexibility index (Phi) is 4.38. The first kappa shape index (κ1) is 16.9. The summed E-state index contributed by atoms with van der Waals surface area (Å²) in [5.74, 6) is -1.43. The largest absolute Gasteiger partial charge is 0.345 e. The van der Waals surface area contributed by atoms with Gasteiger partial charge in [-0.3, -0.25) is 9.36 Å². The van der Waals surface area contributed by atoms with Gasteiger partial charge in [-0.05, 0) is 42.5 Å². The van der Waals surface area contributed by atoms with Gasteiger partial charge >= 0.3 is 0 Å². The Morgan fingerprint density at radius 3 is 2.52 bits per heavy atom. The van der Waals surface area contributed by atoms with Crippen molar-refractivity contribution in [2.75, 3.05) is 0 Å². The van der Waals surface area contributed by atoms with Gasteiger partial charge in [0.1, 0.15) is 11.6 Å². The fourth-order valence-electron chi connectivity index (χ4n) is 2.95. The molecule has 134 valence electrons. The Hall–Kier alpha value is -3.54. The number of hydrogen-bond acceptors (Lipinski definition) is 2. The number of nitrogens with one attached hydrogen (secondary N) is 1. The molecule has 0 unspecified atom stereocenters. The molecule has 0 atom stereocenters. The Bertz CT molecular complexity index is 1120. The Morgan fingerprint density at radius 1 is 0.963 bits per heavy atom. The first-order valence-corrected chi connectivity index (χ1v) is 8.38. The van der Waals surface area contributed by atoms with Crippen LogP contribution in [0.1, 0.15) is 16.2 Å². The summed E-state index contributed by atoms with van der Waals surface area (Å²) in [4.78, 5) is 17.2. The van der Waals surface area contributed by atoms with Gasteiger partial charge in [-0.25, -0.2) is 13.8 Å². The van der Waals surface area contributed by atoms with Crippen molar-refractivity contribution in [3.05, 3.63) is 95.8 Å². The lowest BCUT2D eigenvalue weighted by Gasteiger charge is -2.10. The van der Waals surface area contributed by atoms with E-state index >= 15 is 0 Å². The molecule has 4 nitrogen and oxygen atoms in total. The standard InChI is InChI=1S/C21H15F2N3O/c22-15-10-11-17(23)14(12-15)13-24-21(27)20-25-18-8-4-5-9-19(18)26(20)16-6-2-1-3-7-16/h1-12H,13H2,(H,24,27). The van der Waals surface area contributed by atoms with E-state index in [0.717, 1.165) is 29.4 Å². The van der Waals surface area contributed by atoms with Gasteiger partial charge in [0.2, 0.25) is 5.82 Å². The summed E-state index contributed by atoms with van der Waals surface area (Å²) < 4.78 is 28.9. The molecule has 0 aliphatic rings. The number of nitrogens with zero attached hydrogens (tertiary/aromatic N) is 2. The van der Waals surface area contributed by atoms with Crippen LogP contribution in [0.25, 0.3) is 16.7 Å². The normalized spacial score (nSPS) is 10.9. The number of hydrogen-bond donors (Lipinski definition) is 1. The van der Waals surface area contributed by atoms with Crippen LogP contribution >= 0.6 is 0 Å². The predicted octanol–water partition coefficient (Wildman–Crippen LogP) is 4.23. The van der Waals surface area contributed by atoms with Gasteiger partial charge in [-0.15, -0.1) is 0 Å². The summed E-state index contributed by atoms with van der Waals surface area (Å²) in [5, 5.41) is 2.63. The highest BCUT2D eigenvalue weighted by molar-refractivity contribution is 5.96. The summed E-state index contributed by atoms with van der Waals surface area (Å²) in [6.07, 6.45) is 0. The molecule has 1 N–H and O–H groups in total. The van der Waals surface area contributed by atoms with Crippen LogP contribution in [0.2, 0.25) is 0 Å². The van der Waals surface area contributed by atoms with Gasteiger partial charge < -0.3 is 5.32 Å². The minimum Gasteiger partial charge on any atom is -0.345 e. The van der Waals surface area contributed by atoms with Crippen molar-refractivity contribution < 1.29 is 13.6 Å². The zero-order valence-electron chi connectivity index (χ0n) is 14.2. The SMILES string of the molecule is O=C(NCc1cc(F)ccc1F)c1nc2ccccc2n1-c1ccccc1. The van der Waals surface area contributed by atoms with E-state index in [-0.39, 0.29) is 17.9 Å². The Morgan fingerprint density at radius 2 is 1.70 bits per heavy atom. The number of halogens is 2. The van der Waals surface area contributed by atoms with E-state index in [2.05, 4.69) is 10.3 Å². The van der Waals surface area contributed by atoms with E-state index < -0.39 is 17.5 Å². The zero-order chi connectivity index (χ0) is 18.8. The van der Waals surface area contributed by atoms with Crippen molar-refractivity contribution in [2.45, 2.75) is 6.54 Å². The third-order valence-electron chi connectivity index (χ3n) is 4.23. The fraction of sp³-hybridized carbons (Fsp3) is 0.0476. The number of fused-ring (bicyclic) bond motifs is 1. The second-order valence-electron chi connectivity index (χ2n) is 6.01. The average molecular weight is 363 g/mol. The second-order valence-corrected chi connectivity index (χ2v) is 6.01. The molecule has 0 aliphatic heterocycles. The zero-order valence-corrected chi connectivity index (χ0v) is 14.2. The van der Waals surface area contributed by atoms with E-state index in [9.17, 15) is 13.6 Å². The lowest BCUT2D eigenvalue weighted by atomic mass is 10.2. The van der Waals surface area contributed by atoms with Crippen LogP contribution in [0.3, 0.4) is 0 Å². The molecule has 0 spiro atoms. The highest BCUT2D eigenvalue weighted by atomic mass is 19.1. The maximum atomic E-state index is 13.8. The summed E-state index contributed by atoms with van der Waals surface area (Å²) in [5.41, 5.74) is 2.31. The molecule has 1 aromatic heterocycles. The van der Waals surface area contributed by atoms with E-state index in [0.29, 0.717) is 5.52 Å². The van der Waals surface area contributed by atoms with Crippen LogP contribution < -0.4 is 5.32 Å². The molecule has 0 saturated carbocycles. The van der Waals surface area contributed by atoms with Crippen LogP contribution in [-0.4, -0.2) is 15.5 Å². The monoisotopic (exact) mass is 363 g/mol. The fourth-order valence-corrected chi connectivity index (χ4v) is 2.95. The van der Waals surface area contributed by atoms with Gasteiger partial charge in [0.05, 0.1) is 11.0 Å². The van der Waals surface area contributed by atoms with E-state index in [4.69, 9.17) is 0 Å². The highest BCUT2D eigenvalue weighted by Gasteiger charge is 2.19. The molecular weight excluding hydrogens is 348 g/mol. The van der Waals surface area contributed by atoms with Crippen molar-refractivity contribution in [1.29, 1.82) is 0 Å². The van der Waals surface area contributed by atoms with Crippen LogP contribution in [0.15, 0.2) is 72.8 Å². The van der Waals surface area contributed by atoms with Crippen molar-refractivity contribution in [3.8, 4) is 5.69 Å². The van der Waals surface area contributed by atoms with Crippen molar-refractivity contribution in [3.63, 3.8) is 0 Å². The minimum atomic E-state index is -0.576. The molecule has 27 heavy (non-hydrogen) atoms. The predicted molar refractivity (Wildman–Crippen MR) is 98.6 cm³/mol. The third kappa shape index (κ3) is 3.29. The average Bonchev–Trinajstić information content (AvgIpc) is 3.09. The maximum Gasteiger partial charge on any atom is 0.287 e. The molecule has 4 rings (SSSR count). The van der Waals surface area contributed by atoms with Gasteiger partial charge in [-0.1, -0.05) is 30.3 Å². The van der Waals surface area contributed by atoms with E-state index in [1.54, 1.807) is 4.57 Å². The van der Waals surface area contributed by atoms with Crippen molar-refractivity contribution in [1.82, 2.24) is 14.9 Å². The Balaban J connectivity index is 1.70. The molecule has 1 amide bonds. The van der Waals surface area contributed by atoms with Crippen LogP contribution in [0, 0.1) is 11.6 Å². The number of imidazole rings is 1. The maximum absolute atomic E-state index is 13.8. The second kappa shape index (κ2) is 6.99. The van der Waals surface area contributed by atoms with Gasteiger partial charge in [0, 0.05) is 17.8 Å². The van der Waals surface area contributed by atoms with Crippen LogP contribution in [-0.2, 0) is 6.54 Å². The molecule has 1 heterocycles.